The molecule has 1 amide bonds. The summed E-state index contributed by atoms with van der Waals surface area (Å²) in [5, 5.41) is 7.49. The summed E-state index contributed by atoms with van der Waals surface area (Å²) in [6, 6.07) is 0. The average molecular weight is 293 g/mol. The summed E-state index contributed by atoms with van der Waals surface area (Å²) in [6.07, 6.45) is 1.31. The highest BCUT2D eigenvalue weighted by atomic mass is 16.1. The molecule has 0 unspecified atom stereocenters. The molecule has 1 aromatic rings. The Balaban J connectivity index is 2.48. The van der Waals surface area contributed by atoms with Gasteiger partial charge in [-0.3, -0.25) is 9.48 Å². The lowest BCUT2D eigenvalue weighted by molar-refractivity contribution is -0.121. The number of carbonyl (C=O) groups is 1. The summed E-state index contributed by atoms with van der Waals surface area (Å²) in [7, 11) is 1.95. The van der Waals surface area contributed by atoms with Crippen LogP contribution in [0.25, 0.3) is 0 Å². The molecule has 0 saturated heterocycles. The summed E-state index contributed by atoms with van der Waals surface area (Å²) < 4.78 is 1.89. The van der Waals surface area contributed by atoms with Gasteiger partial charge in [-0.2, -0.15) is 5.10 Å². The van der Waals surface area contributed by atoms with E-state index in [1.807, 2.05) is 18.7 Å². The topological polar surface area (TPSA) is 46.9 Å². The van der Waals surface area contributed by atoms with Gasteiger partial charge in [0, 0.05) is 25.7 Å². The van der Waals surface area contributed by atoms with E-state index in [1.54, 1.807) is 0 Å². The molecule has 21 heavy (non-hydrogen) atoms. The number of amides is 1. The largest absolute Gasteiger partial charge is 0.356 e. The van der Waals surface area contributed by atoms with Crippen molar-refractivity contribution in [2.45, 2.75) is 54.4 Å². The lowest BCUT2D eigenvalue weighted by atomic mass is 9.85. The molecule has 0 bridgehead atoms. The van der Waals surface area contributed by atoms with Crippen molar-refractivity contribution in [3.8, 4) is 0 Å². The third kappa shape index (κ3) is 4.87. The minimum atomic E-state index is 0.143. The first kappa shape index (κ1) is 17.7. The number of nitrogens with zero attached hydrogens (tertiary/aromatic N) is 2. The van der Waals surface area contributed by atoms with Gasteiger partial charge < -0.3 is 5.32 Å². The van der Waals surface area contributed by atoms with E-state index in [2.05, 4.69) is 45.0 Å². The first-order valence-corrected chi connectivity index (χ1v) is 7.99. The Morgan fingerprint density at radius 1 is 1.19 bits per heavy atom. The Hall–Kier alpha value is -1.32. The molecule has 0 aromatic carbocycles. The molecule has 0 saturated carbocycles. The predicted molar refractivity (Wildman–Crippen MR) is 87.2 cm³/mol. The molecule has 1 rings (SSSR count). The summed E-state index contributed by atoms with van der Waals surface area (Å²) in [5.74, 6) is 1.86. The van der Waals surface area contributed by atoms with E-state index >= 15 is 0 Å². The fourth-order valence-corrected chi connectivity index (χ4v) is 2.98. The molecule has 1 N–H and O–H groups in total. The van der Waals surface area contributed by atoms with Gasteiger partial charge in [-0.15, -0.1) is 0 Å². The zero-order valence-electron chi connectivity index (χ0n) is 14.7. The van der Waals surface area contributed by atoms with Crippen LogP contribution in [0.2, 0.25) is 0 Å². The molecular formula is C17H31N3O. The molecule has 1 aromatic heterocycles. The van der Waals surface area contributed by atoms with Crippen molar-refractivity contribution in [3.63, 3.8) is 0 Å². The fourth-order valence-electron chi connectivity index (χ4n) is 2.98. The monoisotopic (exact) mass is 293 g/mol. The summed E-state index contributed by atoms with van der Waals surface area (Å²) in [6.45, 7) is 13.7. The van der Waals surface area contributed by atoms with Crippen LogP contribution >= 0.6 is 0 Å². The normalized spacial score (nSPS) is 11.7. The number of carbonyl (C=O) groups excluding carboxylic acids is 1. The van der Waals surface area contributed by atoms with Crippen molar-refractivity contribution in [1.29, 1.82) is 0 Å². The van der Waals surface area contributed by atoms with Gasteiger partial charge in [0.1, 0.15) is 0 Å². The number of rotatable bonds is 7. The highest BCUT2D eigenvalue weighted by Gasteiger charge is 2.18. The summed E-state index contributed by atoms with van der Waals surface area (Å²) >= 11 is 0. The van der Waals surface area contributed by atoms with Crippen LogP contribution in [-0.2, 0) is 18.3 Å². The maximum absolute atomic E-state index is 12.1. The Kier molecular flexibility index (Phi) is 6.43. The van der Waals surface area contributed by atoms with Crippen LogP contribution in [0.15, 0.2) is 0 Å². The maximum Gasteiger partial charge on any atom is 0.220 e. The molecule has 0 aliphatic rings. The van der Waals surface area contributed by atoms with Gasteiger partial charge in [0.25, 0.3) is 0 Å². The van der Waals surface area contributed by atoms with Gasteiger partial charge >= 0.3 is 0 Å². The summed E-state index contributed by atoms with van der Waals surface area (Å²) in [5.41, 5.74) is 3.39. The molecule has 0 aliphatic heterocycles. The molecule has 0 radical (unpaired) electrons. The van der Waals surface area contributed by atoms with E-state index in [0.29, 0.717) is 24.2 Å². The van der Waals surface area contributed by atoms with Crippen molar-refractivity contribution in [1.82, 2.24) is 15.1 Å². The summed E-state index contributed by atoms with van der Waals surface area (Å²) in [4.78, 5) is 12.1. The third-order valence-electron chi connectivity index (χ3n) is 4.51. The van der Waals surface area contributed by atoms with Crippen LogP contribution < -0.4 is 5.32 Å². The number of aryl methyl sites for hydroxylation is 2. The van der Waals surface area contributed by atoms with Crippen molar-refractivity contribution in [2.75, 3.05) is 6.54 Å². The molecule has 120 valence electrons. The van der Waals surface area contributed by atoms with Crippen LogP contribution in [0.4, 0.5) is 0 Å². The van der Waals surface area contributed by atoms with Gasteiger partial charge in [0.2, 0.25) is 5.91 Å². The number of hydrogen-bond acceptors (Lipinski definition) is 2. The lowest BCUT2D eigenvalue weighted by Gasteiger charge is -2.25. The average Bonchev–Trinajstić information content (AvgIpc) is 2.60. The van der Waals surface area contributed by atoms with Crippen molar-refractivity contribution >= 4 is 5.91 Å². The quantitative estimate of drug-likeness (QED) is 0.840. The van der Waals surface area contributed by atoms with Crippen molar-refractivity contribution in [3.05, 3.63) is 17.0 Å². The molecular weight excluding hydrogens is 262 g/mol. The van der Waals surface area contributed by atoms with Crippen LogP contribution in [0.5, 0.6) is 0 Å². The predicted octanol–water partition coefficient (Wildman–Crippen LogP) is 3.01. The highest BCUT2D eigenvalue weighted by Crippen LogP contribution is 2.19. The standard InChI is InChI=1S/C17H31N3O/c1-11(2)16(12(3)4)10-18-17(21)9-8-15-13(5)19-20(7)14(15)6/h11-12,16H,8-10H2,1-7H3,(H,18,21). The lowest BCUT2D eigenvalue weighted by Crippen LogP contribution is -2.34. The van der Waals surface area contributed by atoms with Crippen LogP contribution in [0, 0.1) is 31.6 Å². The smallest absolute Gasteiger partial charge is 0.220 e. The molecule has 4 nitrogen and oxygen atoms in total. The molecule has 0 aliphatic carbocycles. The van der Waals surface area contributed by atoms with E-state index < -0.39 is 0 Å². The van der Waals surface area contributed by atoms with Crippen LogP contribution in [-0.4, -0.2) is 22.2 Å². The fraction of sp³-hybridized carbons (Fsp3) is 0.765. The molecule has 0 spiro atoms. The molecule has 0 fully saturated rings. The van der Waals surface area contributed by atoms with E-state index in [9.17, 15) is 4.79 Å². The van der Waals surface area contributed by atoms with Gasteiger partial charge in [-0.1, -0.05) is 27.7 Å². The minimum Gasteiger partial charge on any atom is -0.356 e. The van der Waals surface area contributed by atoms with E-state index in [0.717, 1.165) is 24.4 Å². The van der Waals surface area contributed by atoms with Gasteiger partial charge in [-0.05, 0) is 43.6 Å². The number of nitrogens with one attached hydrogen (secondary N) is 1. The van der Waals surface area contributed by atoms with Crippen molar-refractivity contribution in [2.24, 2.45) is 24.8 Å². The Morgan fingerprint density at radius 2 is 1.76 bits per heavy atom. The molecule has 4 heteroatoms. The number of hydrogen-bond donors (Lipinski definition) is 1. The first-order valence-electron chi connectivity index (χ1n) is 7.99. The zero-order valence-corrected chi connectivity index (χ0v) is 14.7. The Labute approximate surface area is 129 Å². The van der Waals surface area contributed by atoms with E-state index in [4.69, 9.17) is 0 Å². The van der Waals surface area contributed by atoms with Gasteiger partial charge in [0.15, 0.2) is 0 Å². The Morgan fingerprint density at radius 3 is 2.19 bits per heavy atom. The van der Waals surface area contributed by atoms with Crippen LogP contribution in [0.3, 0.4) is 0 Å². The van der Waals surface area contributed by atoms with Gasteiger partial charge in [0.05, 0.1) is 5.69 Å². The Bertz CT molecular complexity index is 467. The van der Waals surface area contributed by atoms with Crippen molar-refractivity contribution < 1.29 is 4.79 Å². The first-order chi connectivity index (χ1) is 9.73. The zero-order chi connectivity index (χ0) is 16.2. The third-order valence-corrected chi connectivity index (χ3v) is 4.51. The van der Waals surface area contributed by atoms with Gasteiger partial charge in [-0.25, -0.2) is 0 Å². The second kappa shape index (κ2) is 7.62. The molecule has 1 heterocycles. The van der Waals surface area contributed by atoms with Crippen LogP contribution in [0.1, 0.15) is 51.1 Å². The van der Waals surface area contributed by atoms with E-state index in [1.165, 1.54) is 5.56 Å². The SMILES string of the molecule is Cc1nn(C)c(C)c1CCC(=O)NCC(C(C)C)C(C)C. The van der Waals surface area contributed by atoms with E-state index in [-0.39, 0.29) is 5.91 Å². The second-order valence-electron chi connectivity index (χ2n) is 6.73. The highest BCUT2D eigenvalue weighted by molar-refractivity contribution is 5.76. The molecule has 0 atom stereocenters. The number of aromatic nitrogens is 2. The second-order valence-corrected chi connectivity index (χ2v) is 6.73. The maximum atomic E-state index is 12.1. The minimum absolute atomic E-state index is 0.143.